The van der Waals surface area contributed by atoms with Gasteiger partial charge in [0.1, 0.15) is 0 Å². The maximum Gasteiger partial charge on any atom is 0.0671 e. The molecule has 2 rings (SSSR count). The van der Waals surface area contributed by atoms with Crippen LogP contribution in [0, 0.1) is 0 Å². The number of hydrogen-bond acceptors (Lipinski definition) is 2. The molecule has 1 heterocycles. The molecule has 0 fully saturated rings. The summed E-state index contributed by atoms with van der Waals surface area (Å²) in [6, 6.07) is 13.9. The van der Waals surface area contributed by atoms with Gasteiger partial charge in [0.05, 0.1) is 6.04 Å². The van der Waals surface area contributed by atoms with Gasteiger partial charge < -0.3 is 5.32 Å². The molecule has 0 saturated heterocycles. The Labute approximate surface area is 133 Å². The monoisotopic (exact) mass is 301 g/mol. The first-order valence-electron chi connectivity index (χ1n) is 7.95. The third-order valence-electron chi connectivity index (χ3n) is 4.34. The molecule has 0 radical (unpaired) electrons. The van der Waals surface area contributed by atoms with Crippen molar-refractivity contribution < 1.29 is 0 Å². The van der Waals surface area contributed by atoms with E-state index < -0.39 is 0 Å². The summed E-state index contributed by atoms with van der Waals surface area (Å²) >= 11 is 1.83. The van der Waals surface area contributed by atoms with Crippen LogP contribution in [0.1, 0.15) is 62.6 Å². The molecule has 1 atom stereocenters. The molecule has 21 heavy (non-hydrogen) atoms. The lowest BCUT2D eigenvalue weighted by Gasteiger charge is -2.24. The average Bonchev–Trinajstić information content (AvgIpc) is 3.02. The van der Waals surface area contributed by atoms with Gasteiger partial charge >= 0.3 is 0 Å². The standard InChI is InChI=1S/C19H27NS/c1-5-13-20-18(17-8-7-14-21-17)15-9-11-16(12-10-15)19(3,4)6-2/h7-12,14,18,20H,5-6,13H2,1-4H3. The van der Waals surface area contributed by atoms with Gasteiger partial charge in [-0.1, -0.05) is 58.0 Å². The molecule has 0 aliphatic rings. The Morgan fingerprint density at radius 2 is 1.81 bits per heavy atom. The van der Waals surface area contributed by atoms with Crippen molar-refractivity contribution in [3.63, 3.8) is 0 Å². The quantitative estimate of drug-likeness (QED) is 0.709. The summed E-state index contributed by atoms with van der Waals surface area (Å²) in [6.07, 6.45) is 2.32. The van der Waals surface area contributed by atoms with Crippen LogP contribution in [0.5, 0.6) is 0 Å². The maximum absolute atomic E-state index is 3.67. The Hall–Kier alpha value is -1.12. The van der Waals surface area contributed by atoms with E-state index in [0.717, 1.165) is 19.4 Å². The molecule has 0 saturated carbocycles. The summed E-state index contributed by atoms with van der Waals surface area (Å²) in [5.74, 6) is 0. The maximum atomic E-state index is 3.67. The lowest BCUT2D eigenvalue weighted by atomic mass is 9.82. The molecular weight excluding hydrogens is 274 g/mol. The molecule has 0 amide bonds. The van der Waals surface area contributed by atoms with Gasteiger partial charge in [0, 0.05) is 4.88 Å². The highest BCUT2D eigenvalue weighted by molar-refractivity contribution is 7.10. The first kappa shape index (κ1) is 16.3. The highest BCUT2D eigenvalue weighted by atomic mass is 32.1. The summed E-state index contributed by atoms with van der Waals surface area (Å²) in [6.45, 7) is 10.1. The summed E-state index contributed by atoms with van der Waals surface area (Å²) in [4.78, 5) is 1.39. The van der Waals surface area contributed by atoms with Gasteiger partial charge in [-0.05, 0) is 47.4 Å². The topological polar surface area (TPSA) is 12.0 Å². The molecule has 1 N–H and O–H groups in total. The second-order valence-corrected chi connectivity index (χ2v) is 7.24. The SMILES string of the molecule is CCCNC(c1ccc(C(C)(C)CC)cc1)c1cccs1. The molecule has 114 valence electrons. The highest BCUT2D eigenvalue weighted by Crippen LogP contribution is 2.30. The number of thiophene rings is 1. The van der Waals surface area contributed by atoms with Gasteiger partial charge in [0.25, 0.3) is 0 Å². The second-order valence-electron chi connectivity index (χ2n) is 6.26. The van der Waals surface area contributed by atoms with E-state index in [-0.39, 0.29) is 5.41 Å². The molecule has 0 spiro atoms. The first-order chi connectivity index (χ1) is 10.1. The molecule has 1 aromatic carbocycles. The molecule has 1 unspecified atom stereocenters. The Kier molecular flexibility index (Phi) is 5.60. The number of hydrogen-bond donors (Lipinski definition) is 1. The number of nitrogens with one attached hydrogen (secondary N) is 1. The summed E-state index contributed by atoms with van der Waals surface area (Å²) in [7, 11) is 0. The van der Waals surface area contributed by atoms with Crippen LogP contribution in [0.3, 0.4) is 0 Å². The van der Waals surface area contributed by atoms with Gasteiger partial charge in [-0.3, -0.25) is 0 Å². The largest absolute Gasteiger partial charge is 0.306 e. The van der Waals surface area contributed by atoms with Crippen molar-refractivity contribution in [3.05, 3.63) is 57.8 Å². The van der Waals surface area contributed by atoms with Crippen LogP contribution < -0.4 is 5.32 Å². The van der Waals surface area contributed by atoms with Gasteiger partial charge in [0.2, 0.25) is 0 Å². The third-order valence-corrected chi connectivity index (χ3v) is 5.27. The zero-order valence-electron chi connectivity index (χ0n) is 13.6. The fourth-order valence-electron chi connectivity index (χ4n) is 2.46. The van der Waals surface area contributed by atoms with Crippen molar-refractivity contribution in [2.75, 3.05) is 6.54 Å². The van der Waals surface area contributed by atoms with Gasteiger partial charge in [0.15, 0.2) is 0 Å². The lowest BCUT2D eigenvalue weighted by molar-refractivity contribution is 0.505. The Morgan fingerprint density at radius 1 is 1.10 bits per heavy atom. The second kappa shape index (κ2) is 7.24. The van der Waals surface area contributed by atoms with Crippen molar-refractivity contribution in [2.24, 2.45) is 0 Å². The van der Waals surface area contributed by atoms with E-state index >= 15 is 0 Å². The molecule has 2 aromatic rings. The van der Waals surface area contributed by atoms with Crippen LogP contribution in [0.2, 0.25) is 0 Å². The molecule has 1 nitrogen and oxygen atoms in total. The molecule has 2 heteroatoms. The van der Waals surface area contributed by atoms with E-state index in [1.165, 1.54) is 16.0 Å². The number of rotatable bonds is 7. The van der Waals surface area contributed by atoms with E-state index in [0.29, 0.717) is 6.04 Å². The summed E-state index contributed by atoms with van der Waals surface area (Å²) in [5.41, 5.74) is 3.05. The average molecular weight is 301 g/mol. The number of benzene rings is 1. The van der Waals surface area contributed by atoms with E-state index in [1.807, 2.05) is 11.3 Å². The van der Waals surface area contributed by atoms with Gasteiger partial charge in [-0.2, -0.15) is 0 Å². The fraction of sp³-hybridized carbons (Fsp3) is 0.474. The Morgan fingerprint density at radius 3 is 2.33 bits per heavy atom. The predicted octanol–water partition coefficient (Wildman–Crippen LogP) is 5.52. The predicted molar refractivity (Wildman–Crippen MR) is 94.2 cm³/mol. The van der Waals surface area contributed by atoms with Crippen molar-refractivity contribution in [2.45, 2.75) is 52.0 Å². The minimum atomic E-state index is 0.258. The van der Waals surface area contributed by atoms with E-state index in [1.54, 1.807) is 0 Å². The van der Waals surface area contributed by atoms with Crippen LogP contribution in [-0.2, 0) is 5.41 Å². The van der Waals surface area contributed by atoms with Crippen LogP contribution in [-0.4, -0.2) is 6.54 Å². The van der Waals surface area contributed by atoms with Crippen molar-refractivity contribution >= 4 is 11.3 Å². The van der Waals surface area contributed by atoms with Crippen LogP contribution in [0.25, 0.3) is 0 Å². The van der Waals surface area contributed by atoms with Crippen LogP contribution in [0.4, 0.5) is 0 Å². The molecule has 1 aromatic heterocycles. The van der Waals surface area contributed by atoms with Crippen molar-refractivity contribution in [1.82, 2.24) is 5.32 Å². The lowest BCUT2D eigenvalue weighted by Crippen LogP contribution is -2.22. The molecule has 0 aliphatic carbocycles. The molecule has 0 bridgehead atoms. The van der Waals surface area contributed by atoms with E-state index in [2.05, 4.69) is 74.8 Å². The van der Waals surface area contributed by atoms with Crippen molar-refractivity contribution in [1.29, 1.82) is 0 Å². The Balaban J connectivity index is 2.25. The summed E-state index contributed by atoms with van der Waals surface area (Å²) in [5, 5.41) is 5.83. The van der Waals surface area contributed by atoms with Crippen molar-refractivity contribution in [3.8, 4) is 0 Å². The Bertz CT molecular complexity index is 525. The van der Waals surface area contributed by atoms with Crippen LogP contribution >= 0.6 is 11.3 Å². The third kappa shape index (κ3) is 3.96. The summed E-state index contributed by atoms with van der Waals surface area (Å²) < 4.78 is 0. The van der Waals surface area contributed by atoms with Gasteiger partial charge in [-0.15, -0.1) is 11.3 Å². The minimum absolute atomic E-state index is 0.258. The normalized spacial score (nSPS) is 13.3. The smallest absolute Gasteiger partial charge is 0.0671 e. The highest BCUT2D eigenvalue weighted by Gasteiger charge is 2.19. The van der Waals surface area contributed by atoms with Gasteiger partial charge in [-0.25, -0.2) is 0 Å². The zero-order chi connectivity index (χ0) is 15.3. The van der Waals surface area contributed by atoms with Crippen LogP contribution in [0.15, 0.2) is 41.8 Å². The first-order valence-corrected chi connectivity index (χ1v) is 8.83. The zero-order valence-corrected chi connectivity index (χ0v) is 14.5. The minimum Gasteiger partial charge on any atom is -0.306 e. The molecular formula is C19H27NS. The molecule has 0 aliphatic heterocycles. The van der Waals surface area contributed by atoms with E-state index in [4.69, 9.17) is 0 Å². The fourth-order valence-corrected chi connectivity index (χ4v) is 3.28. The van der Waals surface area contributed by atoms with E-state index in [9.17, 15) is 0 Å².